The Balaban J connectivity index is 2.20. The monoisotopic (exact) mass is 301 g/mol. The predicted molar refractivity (Wildman–Crippen MR) is 78.3 cm³/mol. The van der Waals surface area contributed by atoms with Crippen molar-refractivity contribution in [3.63, 3.8) is 0 Å². The van der Waals surface area contributed by atoms with Gasteiger partial charge in [-0.15, -0.1) is 0 Å². The van der Waals surface area contributed by atoms with E-state index in [2.05, 4.69) is 16.8 Å². The highest BCUT2D eigenvalue weighted by molar-refractivity contribution is 5.52. The van der Waals surface area contributed by atoms with Crippen molar-refractivity contribution in [3.8, 4) is 0 Å². The van der Waals surface area contributed by atoms with Crippen molar-refractivity contribution in [3.05, 3.63) is 29.3 Å². The standard InChI is InChI=1S/C15H22F3N3/c1-20-7-5-12(6-8-20)21(2)13-3-4-14(15(16,17)18)11(9-13)10-19/h3-4,9,12H,5-8,10,19H2,1-2H3. The summed E-state index contributed by atoms with van der Waals surface area (Å²) < 4.78 is 38.7. The van der Waals surface area contributed by atoms with E-state index >= 15 is 0 Å². The van der Waals surface area contributed by atoms with Gasteiger partial charge in [-0.2, -0.15) is 13.2 Å². The minimum atomic E-state index is -4.35. The maximum Gasteiger partial charge on any atom is 0.416 e. The molecule has 2 rings (SSSR count). The van der Waals surface area contributed by atoms with Gasteiger partial charge in [0.25, 0.3) is 0 Å². The van der Waals surface area contributed by atoms with Gasteiger partial charge in [-0.05, 0) is 56.7 Å². The molecule has 1 saturated heterocycles. The lowest BCUT2D eigenvalue weighted by atomic mass is 10.0. The number of nitrogens with zero attached hydrogens (tertiary/aromatic N) is 2. The van der Waals surface area contributed by atoms with Gasteiger partial charge in [0, 0.05) is 25.3 Å². The second-order valence-electron chi connectivity index (χ2n) is 5.69. The van der Waals surface area contributed by atoms with Crippen LogP contribution in [0.2, 0.25) is 0 Å². The molecule has 0 bridgehead atoms. The zero-order valence-electron chi connectivity index (χ0n) is 12.5. The van der Waals surface area contributed by atoms with E-state index < -0.39 is 11.7 Å². The van der Waals surface area contributed by atoms with E-state index in [-0.39, 0.29) is 12.1 Å². The second kappa shape index (κ2) is 6.23. The van der Waals surface area contributed by atoms with Crippen molar-refractivity contribution >= 4 is 5.69 Å². The molecular weight excluding hydrogens is 279 g/mol. The number of likely N-dealkylation sites (tertiary alicyclic amines) is 1. The first-order chi connectivity index (χ1) is 9.82. The van der Waals surface area contributed by atoms with Gasteiger partial charge in [-0.3, -0.25) is 0 Å². The Labute approximate surface area is 123 Å². The summed E-state index contributed by atoms with van der Waals surface area (Å²) in [4.78, 5) is 4.34. The number of halogens is 3. The van der Waals surface area contributed by atoms with Crippen molar-refractivity contribution in [2.24, 2.45) is 5.73 Å². The average molecular weight is 301 g/mol. The van der Waals surface area contributed by atoms with Crippen LogP contribution in [0.1, 0.15) is 24.0 Å². The third-order valence-corrected chi connectivity index (χ3v) is 4.26. The molecule has 1 aliphatic rings. The lowest BCUT2D eigenvalue weighted by Gasteiger charge is -2.36. The Morgan fingerprint density at radius 3 is 2.43 bits per heavy atom. The van der Waals surface area contributed by atoms with Gasteiger partial charge >= 0.3 is 6.18 Å². The van der Waals surface area contributed by atoms with E-state index in [1.165, 1.54) is 0 Å². The van der Waals surface area contributed by atoms with Gasteiger partial charge in [0.2, 0.25) is 0 Å². The molecule has 1 aromatic rings. The van der Waals surface area contributed by atoms with Crippen molar-refractivity contribution in [2.45, 2.75) is 31.6 Å². The lowest BCUT2D eigenvalue weighted by molar-refractivity contribution is -0.138. The van der Waals surface area contributed by atoms with Crippen LogP contribution < -0.4 is 10.6 Å². The molecule has 1 fully saturated rings. The summed E-state index contributed by atoms with van der Waals surface area (Å²) in [6, 6.07) is 4.62. The van der Waals surface area contributed by atoms with Crippen LogP contribution in [0.4, 0.5) is 18.9 Å². The maximum absolute atomic E-state index is 12.9. The molecule has 0 aliphatic carbocycles. The molecule has 3 nitrogen and oxygen atoms in total. The summed E-state index contributed by atoms with van der Waals surface area (Å²) in [7, 11) is 4.03. The van der Waals surface area contributed by atoms with Crippen molar-refractivity contribution in [1.82, 2.24) is 4.90 Å². The van der Waals surface area contributed by atoms with Crippen molar-refractivity contribution in [1.29, 1.82) is 0 Å². The summed E-state index contributed by atoms with van der Waals surface area (Å²) in [5, 5.41) is 0. The van der Waals surface area contributed by atoms with Crippen LogP contribution in [0.5, 0.6) is 0 Å². The molecule has 118 valence electrons. The third-order valence-electron chi connectivity index (χ3n) is 4.26. The number of anilines is 1. The molecule has 0 spiro atoms. The Hall–Kier alpha value is -1.27. The summed E-state index contributed by atoms with van der Waals surface area (Å²) in [6.45, 7) is 1.92. The van der Waals surface area contributed by atoms with E-state index in [0.29, 0.717) is 6.04 Å². The summed E-state index contributed by atoms with van der Waals surface area (Å²) in [5.41, 5.74) is 5.81. The molecule has 2 N–H and O–H groups in total. The number of rotatable bonds is 3. The summed E-state index contributed by atoms with van der Waals surface area (Å²) in [6.07, 6.45) is -2.31. The summed E-state index contributed by atoms with van der Waals surface area (Å²) >= 11 is 0. The van der Waals surface area contributed by atoms with E-state index in [9.17, 15) is 13.2 Å². The lowest BCUT2D eigenvalue weighted by Crippen LogP contribution is -2.42. The number of piperidine rings is 1. The molecule has 1 aliphatic heterocycles. The van der Waals surface area contributed by atoms with Gasteiger partial charge in [-0.25, -0.2) is 0 Å². The Morgan fingerprint density at radius 2 is 1.90 bits per heavy atom. The highest BCUT2D eigenvalue weighted by Crippen LogP contribution is 2.34. The van der Waals surface area contributed by atoms with E-state index in [4.69, 9.17) is 5.73 Å². The van der Waals surface area contributed by atoms with Gasteiger partial charge in [0.05, 0.1) is 5.56 Å². The molecule has 1 heterocycles. The molecule has 0 amide bonds. The van der Waals surface area contributed by atoms with Crippen LogP contribution in [-0.2, 0) is 12.7 Å². The van der Waals surface area contributed by atoms with E-state index in [0.717, 1.165) is 37.7 Å². The van der Waals surface area contributed by atoms with Crippen LogP contribution in [-0.4, -0.2) is 38.1 Å². The highest BCUT2D eigenvalue weighted by atomic mass is 19.4. The average Bonchev–Trinajstić information content (AvgIpc) is 2.45. The Morgan fingerprint density at radius 1 is 1.29 bits per heavy atom. The fourth-order valence-corrected chi connectivity index (χ4v) is 2.84. The molecule has 0 saturated carbocycles. The van der Waals surface area contributed by atoms with Crippen LogP contribution in [0.15, 0.2) is 18.2 Å². The second-order valence-corrected chi connectivity index (χ2v) is 5.69. The molecule has 6 heteroatoms. The zero-order valence-corrected chi connectivity index (χ0v) is 12.5. The minimum Gasteiger partial charge on any atom is -0.372 e. The third kappa shape index (κ3) is 3.68. The van der Waals surface area contributed by atoms with Crippen LogP contribution in [0.3, 0.4) is 0 Å². The first-order valence-electron chi connectivity index (χ1n) is 7.14. The molecule has 0 radical (unpaired) electrons. The number of alkyl halides is 3. The van der Waals surface area contributed by atoms with Gasteiger partial charge in [-0.1, -0.05) is 0 Å². The van der Waals surface area contributed by atoms with Crippen LogP contribution >= 0.6 is 0 Å². The SMILES string of the molecule is CN1CCC(N(C)c2ccc(C(F)(F)F)c(CN)c2)CC1. The van der Waals surface area contributed by atoms with E-state index in [1.54, 1.807) is 12.1 Å². The molecular formula is C15H22F3N3. The van der Waals surface area contributed by atoms with Gasteiger partial charge in [0.1, 0.15) is 0 Å². The largest absolute Gasteiger partial charge is 0.416 e. The molecule has 0 unspecified atom stereocenters. The van der Waals surface area contributed by atoms with Crippen molar-refractivity contribution in [2.75, 3.05) is 32.1 Å². The summed E-state index contributed by atoms with van der Waals surface area (Å²) in [5.74, 6) is 0. The van der Waals surface area contributed by atoms with Crippen molar-refractivity contribution < 1.29 is 13.2 Å². The maximum atomic E-state index is 12.9. The Bertz CT molecular complexity index is 480. The number of hydrogen-bond acceptors (Lipinski definition) is 3. The Kier molecular flexibility index (Phi) is 4.78. The van der Waals surface area contributed by atoms with Gasteiger partial charge in [0.15, 0.2) is 0 Å². The fourth-order valence-electron chi connectivity index (χ4n) is 2.84. The first kappa shape index (κ1) is 16.1. The molecule has 0 aromatic heterocycles. The van der Waals surface area contributed by atoms with Gasteiger partial charge < -0.3 is 15.5 Å². The normalized spacial score (nSPS) is 18.0. The number of nitrogens with two attached hydrogens (primary N) is 1. The molecule has 21 heavy (non-hydrogen) atoms. The highest BCUT2D eigenvalue weighted by Gasteiger charge is 2.33. The first-order valence-corrected chi connectivity index (χ1v) is 7.14. The quantitative estimate of drug-likeness (QED) is 0.931. The van der Waals surface area contributed by atoms with E-state index in [1.807, 2.05) is 7.05 Å². The topological polar surface area (TPSA) is 32.5 Å². The smallest absolute Gasteiger partial charge is 0.372 e. The minimum absolute atomic E-state index is 0.107. The predicted octanol–water partition coefficient (Wildman–Crippen LogP) is 2.69. The molecule has 1 aromatic carbocycles. The fraction of sp³-hybridized carbons (Fsp3) is 0.600. The van der Waals surface area contributed by atoms with Crippen LogP contribution in [0, 0.1) is 0 Å². The number of benzene rings is 1. The van der Waals surface area contributed by atoms with Crippen LogP contribution in [0.25, 0.3) is 0 Å². The molecule has 0 atom stereocenters. The zero-order chi connectivity index (χ0) is 15.6. The number of hydrogen-bond donors (Lipinski definition) is 1.